The van der Waals surface area contributed by atoms with Crippen LogP contribution >= 0.6 is 0 Å². The Balaban J connectivity index is 1.81. The molecule has 2 heterocycles. The van der Waals surface area contributed by atoms with Crippen LogP contribution in [0.1, 0.15) is 24.0 Å². The van der Waals surface area contributed by atoms with Crippen molar-refractivity contribution in [3.8, 4) is 0 Å². The van der Waals surface area contributed by atoms with Crippen molar-refractivity contribution in [2.24, 2.45) is 5.41 Å². The van der Waals surface area contributed by atoms with Gasteiger partial charge in [-0.25, -0.2) is 0 Å². The molecule has 0 saturated carbocycles. The van der Waals surface area contributed by atoms with Gasteiger partial charge >= 0.3 is 0 Å². The Morgan fingerprint density at radius 3 is 2.65 bits per heavy atom. The van der Waals surface area contributed by atoms with Crippen LogP contribution in [0.25, 0.3) is 0 Å². The highest BCUT2D eigenvalue weighted by Crippen LogP contribution is 2.35. The van der Waals surface area contributed by atoms with Gasteiger partial charge in [-0.05, 0) is 49.9 Å². The molecule has 0 radical (unpaired) electrons. The number of aryl methyl sites for hydroxylation is 2. The third-order valence-electron chi connectivity index (χ3n) is 4.52. The molecular formula is C15H22N2. The van der Waals surface area contributed by atoms with E-state index < -0.39 is 0 Å². The summed E-state index contributed by atoms with van der Waals surface area (Å²) in [6, 6.07) is 6.89. The van der Waals surface area contributed by atoms with Crippen LogP contribution in [0.2, 0.25) is 0 Å². The molecule has 92 valence electrons. The van der Waals surface area contributed by atoms with Gasteiger partial charge < -0.3 is 10.2 Å². The van der Waals surface area contributed by atoms with Crippen molar-refractivity contribution in [1.29, 1.82) is 0 Å². The minimum absolute atomic E-state index is 0.580. The molecule has 2 nitrogen and oxygen atoms in total. The summed E-state index contributed by atoms with van der Waals surface area (Å²) in [5.74, 6) is 0. The second kappa shape index (κ2) is 4.02. The second-order valence-electron chi connectivity index (χ2n) is 5.90. The summed E-state index contributed by atoms with van der Waals surface area (Å²) in [5.41, 5.74) is 4.80. The predicted octanol–water partition coefficient (Wildman–Crippen LogP) is 2.49. The first kappa shape index (κ1) is 11.1. The molecule has 2 aliphatic rings. The number of anilines is 1. The van der Waals surface area contributed by atoms with Crippen LogP contribution in [-0.2, 0) is 0 Å². The molecule has 3 rings (SSSR count). The number of benzene rings is 1. The van der Waals surface area contributed by atoms with Crippen molar-refractivity contribution in [3.63, 3.8) is 0 Å². The zero-order valence-corrected chi connectivity index (χ0v) is 10.9. The maximum atomic E-state index is 3.44. The van der Waals surface area contributed by atoms with Crippen molar-refractivity contribution >= 4 is 5.69 Å². The molecule has 2 saturated heterocycles. The van der Waals surface area contributed by atoms with Gasteiger partial charge in [0.2, 0.25) is 0 Å². The van der Waals surface area contributed by atoms with E-state index in [1.807, 2.05) is 0 Å². The molecule has 1 aromatic carbocycles. The van der Waals surface area contributed by atoms with Crippen molar-refractivity contribution in [3.05, 3.63) is 29.3 Å². The SMILES string of the molecule is Cc1ccc(N2CCCC3(CNC3)C2)cc1C. The molecule has 0 aliphatic carbocycles. The number of nitrogens with one attached hydrogen (secondary N) is 1. The van der Waals surface area contributed by atoms with Crippen LogP contribution in [0.4, 0.5) is 5.69 Å². The topological polar surface area (TPSA) is 15.3 Å². The second-order valence-corrected chi connectivity index (χ2v) is 5.90. The van der Waals surface area contributed by atoms with Crippen LogP contribution in [0.3, 0.4) is 0 Å². The molecule has 0 bridgehead atoms. The normalized spacial score (nSPS) is 22.6. The van der Waals surface area contributed by atoms with E-state index in [9.17, 15) is 0 Å². The molecule has 2 aliphatic heterocycles. The molecule has 0 atom stereocenters. The fraction of sp³-hybridized carbons (Fsp3) is 0.600. The third-order valence-corrected chi connectivity index (χ3v) is 4.52. The van der Waals surface area contributed by atoms with E-state index in [-0.39, 0.29) is 0 Å². The van der Waals surface area contributed by atoms with Gasteiger partial charge in [-0.2, -0.15) is 0 Å². The maximum absolute atomic E-state index is 3.44. The number of rotatable bonds is 1. The molecular weight excluding hydrogens is 208 g/mol. The van der Waals surface area contributed by atoms with Gasteiger partial charge in [0.05, 0.1) is 0 Å². The fourth-order valence-electron chi connectivity index (χ4n) is 3.12. The Morgan fingerprint density at radius 1 is 1.18 bits per heavy atom. The van der Waals surface area contributed by atoms with Crippen LogP contribution in [0, 0.1) is 19.3 Å². The highest BCUT2D eigenvalue weighted by molar-refractivity contribution is 5.51. The van der Waals surface area contributed by atoms with Crippen molar-refractivity contribution in [2.75, 3.05) is 31.1 Å². The quantitative estimate of drug-likeness (QED) is 0.797. The van der Waals surface area contributed by atoms with Gasteiger partial charge in [-0.1, -0.05) is 6.07 Å². The summed E-state index contributed by atoms with van der Waals surface area (Å²) >= 11 is 0. The number of hydrogen-bond donors (Lipinski definition) is 1. The van der Waals surface area contributed by atoms with Gasteiger partial charge in [0, 0.05) is 37.3 Å². The largest absolute Gasteiger partial charge is 0.371 e. The first-order valence-corrected chi connectivity index (χ1v) is 6.72. The summed E-state index contributed by atoms with van der Waals surface area (Å²) in [4.78, 5) is 2.58. The van der Waals surface area contributed by atoms with Crippen molar-refractivity contribution < 1.29 is 0 Å². The molecule has 2 fully saturated rings. The molecule has 0 unspecified atom stereocenters. The smallest absolute Gasteiger partial charge is 0.0369 e. The number of nitrogens with zero attached hydrogens (tertiary/aromatic N) is 1. The van der Waals surface area contributed by atoms with Gasteiger partial charge in [0.15, 0.2) is 0 Å². The Bertz CT molecular complexity index is 421. The highest BCUT2D eigenvalue weighted by atomic mass is 15.2. The van der Waals surface area contributed by atoms with E-state index in [0.717, 1.165) is 0 Å². The molecule has 17 heavy (non-hydrogen) atoms. The standard InChI is InChI=1S/C15H22N2/c1-12-4-5-14(8-13(12)2)17-7-3-6-15(11-17)9-16-10-15/h4-5,8,16H,3,6-7,9-11H2,1-2H3. The first-order valence-electron chi connectivity index (χ1n) is 6.72. The first-order chi connectivity index (χ1) is 8.19. The Morgan fingerprint density at radius 2 is 2.00 bits per heavy atom. The maximum Gasteiger partial charge on any atom is 0.0369 e. The molecule has 0 aromatic heterocycles. The van der Waals surface area contributed by atoms with Crippen LogP contribution < -0.4 is 10.2 Å². The van der Waals surface area contributed by atoms with Gasteiger partial charge in [0.25, 0.3) is 0 Å². The zero-order chi connectivity index (χ0) is 11.9. The van der Waals surface area contributed by atoms with E-state index in [0.29, 0.717) is 5.41 Å². The molecule has 1 spiro atoms. The Hall–Kier alpha value is -1.02. The lowest BCUT2D eigenvalue weighted by atomic mass is 9.75. The lowest BCUT2D eigenvalue weighted by Crippen LogP contribution is -2.61. The Kier molecular flexibility index (Phi) is 2.62. The highest BCUT2D eigenvalue weighted by Gasteiger charge is 2.40. The minimum atomic E-state index is 0.580. The number of piperidine rings is 1. The number of hydrogen-bond acceptors (Lipinski definition) is 2. The minimum Gasteiger partial charge on any atom is -0.371 e. The molecule has 0 amide bonds. The van der Waals surface area contributed by atoms with Crippen LogP contribution in [-0.4, -0.2) is 26.2 Å². The van der Waals surface area contributed by atoms with E-state index in [2.05, 4.69) is 42.3 Å². The molecule has 2 heteroatoms. The predicted molar refractivity (Wildman–Crippen MR) is 72.7 cm³/mol. The van der Waals surface area contributed by atoms with E-state index in [1.54, 1.807) is 0 Å². The monoisotopic (exact) mass is 230 g/mol. The lowest BCUT2D eigenvalue weighted by Gasteiger charge is -2.50. The molecule has 1 aromatic rings. The van der Waals surface area contributed by atoms with Crippen LogP contribution in [0.5, 0.6) is 0 Å². The summed E-state index contributed by atoms with van der Waals surface area (Å²) in [5, 5.41) is 3.44. The van der Waals surface area contributed by atoms with Crippen molar-refractivity contribution in [2.45, 2.75) is 26.7 Å². The van der Waals surface area contributed by atoms with Crippen molar-refractivity contribution in [1.82, 2.24) is 5.32 Å². The fourth-order valence-corrected chi connectivity index (χ4v) is 3.12. The van der Waals surface area contributed by atoms with E-state index in [1.165, 1.54) is 55.8 Å². The summed E-state index contributed by atoms with van der Waals surface area (Å²) in [7, 11) is 0. The van der Waals surface area contributed by atoms with Gasteiger partial charge in [-0.3, -0.25) is 0 Å². The van der Waals surface area contributed by atoms with E-state index >= 15 is 0 Å². The van der Waals surface area contributed by atoms with Gasteiger partial charge in [-0.15, -0.1) is 0 Å². The van der Waals surface area contributed by atoms with Gasteiger partial charge in [0.1, 0.15) is 0 Å². The summed E-state index contributed by atoms with van der Waals surface area (Å²) in [6.07, 6.45) is 2.75. The lowest BCUT2D eigenvalue weighted by molar-refractivity contribution is 0.138. The third kappa shape index (κ3) is 1.95. The summed E-state index contributed by atoms with van der Waals surface area (Å²) < 4.78 is 0. The summed E-state index contributed by atoms with van der Waals surface area (Å²) in [6.45, 7) is 9.30. The Labute approximate surface area is 104 Å². The van der Waals surface area contributed by atoms with Crippen LogP contribution in [0.15, 0.2) is 18.2 Å². The zero-order valence-electron chi connectivity index (χ0n) is 10.9. The average Bonchev–Trinajstić information content (AvgIpc) is 2.31. The van der Waals surface area contributed by atoms with E-state index in [4.69, 9.17) is 0 Å². The molecule has 1 N–H and O–H groups in total. The average molecular weight is 230 g/mol.